The van der Waals surface area contributed by atoms with Gasteiger partial charge in [-0.15, -0.1) is 0 Å². The number of imidazole rings is 1. The molecule has 0 amide bonds. The van der Waals surface area contributed by atoms with Gasteiger partial charge in [-0.25, -0.2) is 0 Å². The van der Waals surface area contributed by atoms with Crippen molar-refractivity contribution in [2.75, 3.05) is 6.61 Å². The quantitative estimate of drug-likeness (QED) is 0.500. The van der Waals surface area contributed by atoms with Crippen LogP contribution in [0.4, 0.5) is 5.82 Å². The number of rotatable bonds is 5. The average molecular weight is 376 g/mol. The third-order valence-corrected chi connectivity index (χ3v) is 4.45. The van der Waals surface area contributed by atoms with E-state index in [0.29, 0.717) is 18.7 Å². The van der Waals surface area contributed by atoms with Crippen molar-refractivity contribution < 1.29 is 14.4 Å². The maximum atomic E-state index is 10.8. The SMILES string of the molecule is N#Cc1cccc(-c2cccc(CO[C@@H]3COc4nc([N+](=O)[O-])cn4C3)c2)c1. The normalized spacial score (nSPS) is 15.3. The van der Waals surface area contributed by atoms with E-state index in [1.54, 1.807) is 10.6 Å². The van der Waals surface area contributed by atoms with Crippen molar-refractivity contribution in [1.82, 2.24) is 9.55 Å². The summed E-state index contributed by atoms with van der Waals surface area (Å²) in [5.41, 5.74) is 3.58. The number of nitro groups is 1. The molecule has 3 aromatic rings. The van der Waals surface area contributed by atoms with Gasteiger partial charge in [-0.05, 0) is 39.8 Å². The lowest BCUT2D eigenvalue weighted by atomic mass is 10.0. The van der Waals surface area contributed by atoms with Gasteiger partial charge in [-0.3, -0.25) is 4.57 Å². The second kappa shape index (κ2) is 7.50. The maximum absolute atomic E-state index is 10.8. The minimum Gasteiger partial charge on any atom is -0.443 e. The Morgan fingerprint density at radius 3 is 2.86 bits per heavy atom. The zero-order chi connectivity index (χ0) is 19.5. The Morgan fingerprint density at radius 2 is 2.07 bits per heavy atom. The molecular formula is C20H16N4O4. The van der Waals surface area contributed by atoms with Crippen LogP contribution in [0.1, 0.15) is 11.1 Å². The standard InChI is InChI=1S/C20H16N4O4/c21-9-14-3-1-5-16(7-14)17-6-2-4-15(8-17)12-27-18-10-23-11-19(24(25)26)22-20(23)28-13-18/h1-8,11,18H,10,12-13H2/t18-/m0/s1. The molecule has 0 saturated carbocycles. The van der Waals surface area contributed by atoms with Crippen molar-refractivity contribution in [3.05, 3.63) is 76.0 Å². The Kier molecular flexibility index (Phi) is 4.74. The number of fused-ring (bicyclic) bond motifs is 1. The van der Waals surface area contributed by atoms with E-state index >= 15 is 0 Å². The number of hydrogen-bond donors (Lipinski definition) is 0. The van der Waals surface area contributed by atoms with E-state index in [1.807, 2.05) is 42.5 Å². The van der Waals surface area contributed by atoms with Gasteiger partial charge >= 0.3 is 11.8 Å². The zero-order valence-corrected chi connectivity index (χ0v) is 14.8. The Bertz CT molecular complexity index is 1070. The molecule has 0 bridgehead atoms. The Labute approximate surface area is 160 Å². The van der Waals surface area contributed by atoms with E-state index in [1.165, 1.54) is 6.20 Å². The number of ether oxygens (including phenoxy) is 2. The first-order valence-electron chi connectivity index (χ1n) is 8.68. The first-order valence-corrected chi connectivity index (χ1v) is 8.68. The summed E-state index contributed by atoms with van der Waals surface area (Å²) in [4.78, 5) is 14.1. The maximum Gasteiger partial charge on any atom is 0.414 e. The van der Waals surface area contributed by atoms with Crippen molar-refractivity contribution in [3.63, 3.8) is 0 Å². The zero-order valence-electron chi connectivity index (χ0n) is 14.8. The predicted molar refractivity (Wildman–Crippen MR) is 99.5 cm³/mol. The molecule has 8 heteroatoms. The Balaban J connectivity index is 1.43. The highest BCUT2D eigenvalue weighted by atomic mass is 16.6. The van der Waals surface area contributed by atoms with Crippen LogP contribution < -0.4 is 4.74 Å². The van der Waals surface area contributed by atoms with Gasteiger partial charge in [0.1, 0.15) is 18.9 Å². The lowest BCUT2D eigenvalue weighted by molar-refractivity contribution is -0.389. The third kappa shape index (κ3) is 3.70. The van der Waals surface area contributed by atoms with E-state index in [-0.39, 0.29) is 24.5 Å². The highest BCUT2D eigenvalue weighted by Crippen LogP contribution is 2.24. The van der Waals surface area contributed by atoms with Gasteiger partial charge in [-0.2, -0.15) is 5.26 Å². The third-order valence-electron chi connectivity index (χ3n) is 4.45. The van der Waals surface area contributed by atoms with Gasteiger partial charge in [0.2, 0.25) is 0 Å². The van der Waals surface area contributed by atoms with Crippen LogP contribution in [-0.2, 0) is 17.9 Å². The number of nitriles is 1. The second-order valence-electron chi connectivity index (χ2n) is 6.43. The number of nitrogens with zero attached hydrogens (tertiary/aromatic N) is 4. The van der Waals surface area contributed by atoms with Gasteiger partial charge in [0.15, 0.2) is 0 Å². The van der Waals surface area contributed by atoms with Gasteiger partial charge in [0.25, 0.3) is 0 Å². The molecule has 1 aliphatic heterocycles. The van der Waals surface area contributed by atoms with Crippen molar-refractivity contribution in [2.45, 2.75) is 19.3 Å². The molecule has 0 spiro atoms. The van der Waals surface area contributed by atoms with E-state index in [0.717, 1.165) is 16.7 Å². The molecule has 0 N–H and O–H groups in total. The largest absolute Gasteiger partial charge is 0.443 e. The average Bonchev–Trinajstić information content (AvgIpc) is 3.16. The fraction of sp³-hybridized carbons (Fsp3) is 0.200. The van der Waals surface area contributed by atoms with Crippen molar-refractivity contribution >= 4 is 5.82 Å². The Morgan fingerprint density at radius 1 is 1.29 bits per heavy atom. The minimum atomic E-state index is -0.544. The van der Waals surface area contributed by atoms with Crippen LogP contribution in [0.25, 0.3) is 11.1 Å². The summed E-state index contributed by atoms with van der Waals surface area (Å²) in [5, 5.41) is 19.9. The summed E-state index contributed by atoms with van der Waals surface area (Å²) in [5.74, 6) is -0.233. The number of aromatic nitrogens is 2. The summed E-state index contributed by atoms with van der Waals surface area (Å²) < 4.78 is 13.0. The molecule has 1 aromatic heterocycles. The van der Waals surface area contributed by atoms with Crippen LogP contribution in [-0.4, -0.2) is 27.2 Å². The second-order valence-corrected chi connectivity index (χ2v) is 6.43. The van der Waals surface area contributed by atoms with Crippen LogP contribution in [0.5, 0.6) is 6.01 Å². The van der Waals surface area contributed by atoms with Crippen LogP contribution in [0, 0.1) is 21.4 Å². The lowest BCUT2D eigenvalue weighted by Gasteiger charge is -2.22. The summed E-state index contributed by atoms with van der Waals surface area (Å²) in [7, 11) is 0. The van der Waals surface area contributed by atoms with Crippen LogP contribution in [0.3, 0.4) is 0 Å². The van der Waals surface area contributed by atoms with Gasteiger partial charge in [0.05, 0.1) is 24.8 Å². The fourth-order valence-corrected chi connectivity index (χ4v) is 3.08. The van der Waals surface area contributed by atoms with Crippen LogP contribution in [0.2, 0.25) is 0 Å². The van der Waals surface area contributed by atoms with Crippen LogP contribution >= 0.6 is 0 Å². The van der Waals surface area contributed by atoms with E-state index in [9.17, 15) is 10.1 Å². The molecular weight excluding hydrogens is 360 g/mol. The van der Waals surface area contributed by atoms with Crippen molar-refractivity contribution in [2.24, 2.45) is 0 Å². The molecule has 140 valence electrons. The lowest BCUT2D eigenvalue weighted by Crippen LogP contribution is -2.32. The number of hydrogen-bond acceptors (Lipinski definition) is 6. The van der Waals surface area contributed by atoms with Gasteiger partial charge in [0, 0.05) is 4.98 Å². The van der Waals surface area contributed by atoms with E-state index in [4.69, 9.17) is 14.7 Å². The van der Waals surface area contributed by atoms with Gasteiger partial charge < -0.3 is 19.6 Å². The summed E-state index contributed by atoms with van der Waals surface area (Å²) in [6.45, 7) is 1.12. The fourth-order valence-electron chi connectivity index (χ4n) is 3.08. The predicted octanol–water partition coefficient (Wildman–Crippen LogP) is 3.31. The van der Waals surface area contributed by atoms with E-state index < -0.39 is 4.92 Å². The first kappa shape index (κ1) is 17.7. The number of benzene rings is 2. The molecule has 1 aliphatic rings. The molecule has 0 aliphatic carbocycles. The molecule has 1 atom stereocenters. The smallest absolute Gasteiger partial charge is 0.414 e. The molecule has 0 unspecified atom stereocenters. The molecule has 2 aromatic carbocycles. The highest BCUT2D eigenvalue weighted by molar-refractivity contribution is 5.65. The first-order chi connectivity index (χ1) is 13.6. The molecule has 8 nitrogen and oxygen atoms in total. The molecule has 0 saturated heterocycles. The van der Waals surface area contributed by atoms with Gasteiger partial charge in [-0.1, -0.05) is 30.3 Å². The molecule has 2 heterocycles. The molecule has 0 fully saturated rings. The summed E-state index contributed by atoms with van der Waals surface area (Å²) in [6.07, 6.45) is 1.13. The van der Waals surface area contributed by atoms with Crippen LogP contribution in [0.15, 0.2) is 54.7 Å². The molecule has 4 rings (SSSR count). The molecule has 28 heavy (non-hydrogen) atoms. The molecule has 0 radical (unpaired) electrons. The topological polar surface area (TPSA) is 103 Å². The summed E-state index contributed by atoms with van der Waals surface area (Å²) in [6, 6.07) is 17.8. The van der Waals surface area contributed by atoms with E-state index in [2.05, 4.69) is 11.1 Å². The highest BCUT2D eigenvalue weighted by Gasteiger charge is 2.28. The monoisotopic (exact) mass is 376 g/mol. The summed E-state index contributed by atoms with van der Waals surface area (Å²) >= 11 is 0. The Hall–Kier alpha value is -3.70. The van der Waals surface area contributed by atoms with Crippen molar-refractivity contribution in [3.8, 4) is 23.2 Å². The minimum absolute atomic E-state index is 0.230. The van der Waals surface area contributed by atoms with Crippen molar-refractivity contribution in [1.29, 1.82) is 5.26 Å².